The van der Waals surface area contributed by atoms with Gasteiger partial charge in [0.05, 0.1) is 25.4 Å². The fraction of sp³-hybridized carbons (Fsp3) is 0.944. The van der Waals surface area contributed by atoms with Gasteiger partial charge in [-0.05, 0) is 32.1 Å². The lowest BCUT2D eigenvalue weighted by Gasteiger charge is -2.20. The van der Waals surface area contributed by atoms with Crippen molar-refractivity contribution in [1.82, 2.24) is 5.32 Å². The first kappa shape index (κ1) is 75.6. The van der Waals surface area contributed by atoms with E-state index < -0.39 is 12.1 Å². The zero-order valence-corrected chi connectivity index (χ0v) is 52.5. The highest BCUT2D eigenvalue weighted by Crippen LogP contribution is 2.19. The largest absolute Gasteiger partial charge is 0.466 e. The Labute approximate surface area is 482 Å². The minimum absolute atomic E-state index is 0.0186. The van der Waals surface area contributed by atoms with Crippen molar-refractivity contribution in [2.24, 2.45) is 0 Å². The summed E-state index contributed by atoms with van der Waals surface area (Å²) in [4.78, 5) is 24.6. The molecule has 0 heterocycles. The second kappa shape index (κ2) is 67.1. The van der Waals surface area contributed by atoms with Gasteiger partial charge in [-0.15, -0.1) is 0 Å². The zero-order valence-electron chi connectivity index (χ0n) is 52.5. The van der Waals surface area contributed by atoms with E-state index in [2.05, 4.69) is 19.2 Å². The smallest absolute Gasteiger partial charge is 0.305 e. The summed E-state index contributed by atoms with van der Waals surface area (Å²) < 4.78 is 5.49. The van der Waals surface area contributed by atoms with E-state index >= 15 is 0 Å². The third-order valence-electron chi connectivity index (χ3n) is 16.8. The number of esters is 1. The lowest BCUT2D eigenvalue weighted by Crippen LogP contribution is -2.45. The van der Waals surface area contributed by atoms with E-state index in [1.807, 2.05) is 6.08 Å². The molecule has 0 aliphatic carbocycles. The van der Waals surface area contributed by atoms with Crippen molar-refractivity contribution < 1.29 is 24.5 Å². The molecule has 0 aliphatic rings. The number of allylic oxidation sites excluding steroid dienone is 1. The quantitative estimate of drug-likeness (QED) is 0.0320. The highest BCUT2D eigenvalue weighted by atomic mass is 16.5. The lowest BCUT2D eigenvalue weighted by atomic mass is 10.0. The number of unbranched alkanes of at least 4 members (excludes halogenated alkanes) is 56. The van der Waals surface area contributed by atoms with Gasteiger partial charge in [0, 0.05) is 12.8 Å². The molecule has 0 rings (SSSR count). The van der Waals surface area contributed by atoms with E-state index in [0.717, 1.165) is 38.5 Å². The van der Waals surface area contributed by atoms with E-state index in [1.54, 1.807) is 6.08 Å². The number of hydrogen-bond donors (Lipinski definition) is 3. The lowest BCUT2D eigenvalue weighted by molar-refractivity contribution is -0.143. The maximum Gasteiger partial charge on any atom is 0.305 e. The van der Waals surface area contributed by atoms with Crippen LogP contribution in [0.1, 0.15) is 406 Å². The maximum atomic E-state index is 12.5. The highest BCUT2D eigenvalue weighted by molar-refractivity contribution is 5.76. The molecule has 0 spiro atoms. The molecule has 458 valence electrons. The van der Waals surface area contributed by atoms with Crippen LogP contribution in [-0.2, 0) is 14.3 Å². The molecule has 3 N–H and O–H groups in total. The van der Waals surface area contributed by atoms with Crippen molar-refractivity contribution in [3.05, 3.63) is 12.2 Å². The molecule has 0 aliphatic heterocycles. The molecule has 0 bridgehead atoms. The summed E-state index contributed by atoms with van der Waals surface area (Å²) in [6.45, 7) is 4.95. The van der Waals surface area contributed by atoms with Gasteiger partial charge in [-0.2, -0.15) is 0 Å². The van der Waals surface area contributed by atoms with Crippen LogP contribution in [0.5, 0.6) is 0 Å². The van der Waals surface area contributed by atoms with Crippen molar-refractivity contribution in [2.45, 2.75) is 418 Å². The van der Waals surface area contributed by atoms with Crippen molar-refractivity contribution in [3.63, 3.8) is 0 Å². The van der Waals surface area contributed by atoms with Crippen LogP contribution in [0.3, 0.4) is 0 Å². The number of hydrogen-bond acceptors (Lipinski definition) is 5. The van der Waals surface area contributed by atoms with E-state index in [4.69, 9.17) is 4.74 Å². The van der Waals surface area contributed by atoms with Crippen LogP contribution in [0.2, 0.25) is 0 Å². The first-order valence-corrected chi connectivity index (χ1v) is 35.5. The zero-order chi connectivity index (χ0) is 55.7. The number of aliphatic hydroxyl groups is 2. The number of rotatable bonds is 67. The Hall–Kier alpha value is -1.40. The predicted octanol–water partition coefficient (Wildman–Crippen LogP) is 22.8. The SMILES string of the molecule is CCCCCCCCCCCCCCCCCCCCCC/C=C/C(O)C(CO)NC(=O)CCCCCCCCCCCCCCCCCCCCCCCCCCCOC(=O)CCCCCCCCCCCCCCC. The average Bonchev–Trinajstić information content (AvgIpc) is 3.43. The fourth-order valence-electron chi connectivity index (χ4n) is 11.4. The molecule has 6 nitrogen and oxygen atoms in total. The van der Waals surface area contributed by atoms with Crippen molar-refractivity contribution in [1.29, 1.82) is 0 Å². The van der Waals surface area contributed by atoms with Crippen LogP contribution in [0.25, 0.3) is 0 Å². The van der Waals surface area contributed by atoms with Gasteiger partial charge in [0.25, 0.3) is 0 Å². The van der Waals surface area contributed by atoms with Crippen LogP contribution < -0.4 is 5.32 Å². The molecular formula is C71H139NO5. The Balaban J connectivity index is 3.38. The first-order valence-electron chi connectivity index (χ1n) is 35.5. The van der Waals surface area contributed by atoms with E-state index in [9.17, 15) is 19.8 Å². The van der Waals surface area contributed by atoms with Crippen LogP contribution >= 0.6 is 0 Å². The first-order chi connectivity index (χ1) is 38.0. The molecule has 2 atom stereocenters. The van der Waals surface area contributed by atoms with Crippen LogP contribution in [0, 0.1) is 0 Å². The van der Waals surface area contributed by atoms with E-state index in [-0.39, 0.29) is 18.5 Å². The number of carbonyl (C=O) groups excluding carboxylic acids is 2. The summed E-state index contributed by atoms with van der Waals surface area (Å²) in [7, 11) is 0. The summed E-state index contributed by atoms with van der Waals surface area (Å²) in [5, 5.41) is 23.3. The normalized spacial score (nSPS) is 12.5. The Morgan fingerprint density at radius 1 is 0.351 bits per heavy atom. The highest BCUT2D eigenvalue weighted by Gasteiger charge is 2.18. The second-order valence-electron chi connectivity index (χ2n) is 24.6. The van der Waals surface area contributed by atoms with E-state index in [0.29, 0.717) is 19.4 Å². The summed E-state index contributed by atoms with van der Waals surface area (Å²) >= 11 is 0. The topological polar surface area (TPSA) is 95.9 Å². The molecule has 0 saturated heterocycles. The third kappa shape index (κ3) is 63.6. The van der Waals surface area contributed by atoms with Gasteiger partial charge >= 0.3 is 5.97 Å². The summed E-state index contributed by atoms with van der Waals surface area (Å²) in [6.07, 6.45) is 82.9. The molecular weight excluding hydrogens is 947 g/mol. The molecule has 0 saturated carbocycles. The number of aliphatic hydroxyl groups excluding tert-OH is 2. The summed E-state index contributed by atoms with van der Waals surface area (Å²) in [6, 6.07) is -0.627. The molecule has 1 amide bonds. The van der Waals surface area contributed by atoms with Crippen molar-refractivity contribution in [3.8, 4) is 0 Å². The van der Waals surface area contributed by atoms with Gasteiger partial charge in [-0.1, -0.05) is 373 Å². The van der Waals surface area contributed by atoms with Gasteiger partial charge in [-0.25, -0.2) is 0 Å². The molecule has 6 heteroatoms. The Kier molecular flexibility index (Phi) is 65.9. The van der Waals surface area contributed by atoms with Crippen LogP contribution in [-0.4, -0.2) is 47.4 Å². The Bertz CT molecular complexity index is 1160. The van der Waals surface area contributed by atoms with E-state index in [1.165, 1.54) is 340 Å². The predicted molar refractivity (Wildman–Crippen MR) is 338 cm³/mol. The second-order valence-corrected chi connectivity index (χ2v) is 24.6. The van der Waals surface area contributed by atoms with Crippen molar-refractivity contribution in [2.75, 3.05) is 13.2 Å². The molecule has 0 aromatic rings. The van der Waals surface area contributed by atoms with Gasteiger partial charge in [0.2, 0.25) is 5.91 Å². The van der Waals surface area contributed by atoms with Crippen molar-refractivity contribution >= 4 is 11.9 Å². The molecule has 77 heavy (non-hydrogen) atoms. The fourth-order valence-corrected chi connectivity index (χ4v) is 11.4. The van der Waals surface area contributed by atoms with Crippen LogP contribution in [0.15, 0.2) is 12.2 Å². The number of amides is 1. The molecule has 0 aromatic carbocycles. The molecule has 0 radical (unpaired) electrons. The Morgan fingerprint density at radius 3 is 0.883 bits per heavy atom. The van der Waals surface area contributed by atoms with Gasteiger partial charge in [0.15, 0.2) is 0 Å². The Morgan fingerprint density at radius 2 is 0.597 bits per heavy atom. The van der Waals surface area contributed by atoms with Gasteiger partial charge < -0.3 is 20.3 Å². The maximum absolute atomic E-state index is 12.5. The minimum atomic E-state index is -0.844. The van der Waals surface area contributed by atoms with Gasteiger partial charge in [-0.3, -0.25) is 9.59 Å². The minimum Gasteiger partial charge on any atom is -0.466 e. The van der Waals surface area contributed by atoms with Gasteiger partial charge in [0.1, 0.15) is 0 Å². The molecule has 0 fully saturated rings. The number of nitrogens with one attached hydrogen (secondary N) is 1. The molecule has 2 unspecified atom stereocenters. The van der Waals surface area contributed by atoms with Crippen LogP contribution in [0.4, 0.5) is 0 Å². The molecule has 0 aromatic heterocycles. The summed E-state index contributed by atoms with van der Waals surface area (Å²) in [5.41, 5.74) is 0. The number of carbonyl (C=O) groups is 2. The third-order valence-corrected chi connectivity index (χ3v) is 16.8. The standard InChI is InChI=1S/C71H139NO5/c1-3-5-7-9-11-13-15-17-18-19-20-21-27-30-33-36-40-43-47-51-55-59-63-69(74)68(67-73)72-70(75)64-60-56-52-48-44-41-37-34-31-28-25-23-22-24-26-29-32-35-38-42-46-50-54-58-62-66-77-71(76)65-61-57-53-49-45-39-16-14-12-10-8-6-4-2/h59,63,68-69,73-74H,3-58,60-62,64-67H2,1-2H3,(H,72,75)/b63-59+. The average molecular weight is 1090 g/mol. The summed E-state index contributed by atoms with van der Waals surface area (Å²) in [5.74, 6) is -0.0428. The monoisotopic (exact) mass is 1090 g/mol. The number of ether oxygens (including phenoxy) is 1.